The van der Waals surface area contributed by atoms with Crippen LogP contribution in [0.1, 0.15) is 12.0 Å². The summed E-state index contributed by atoms with van der Waals surface area (Å²) < 4.78 is 18.4. The highest BCUT2D eigenvalue weighted by Gasteiger charge is 2.15. The van der Waals surface area contributed by atoms with Gasteiger partial charge >= 0.3 is 0 Å². The van der Waals surface area contributed by atoms with Crippen LogP contribution in [0.3, 0.4) is 0 Å². The van der Waals surface area contributed by atoms with Gasteiger partial charge in [-0.25, -0.2) is 4.39 Å². The molecule has 2 rings (SSSR count). The minimum Gasteiger partial charge on any atom is -0.492 e. The summed E-state index contributed by atoms with van der Waals surface area (Å²) in [5.41, 5.74) is 0.256. The molecule has 1 saturated heterocycles. The monoisotopic (exact) mass is 220 g/mol. The summed E-state index contributed by atoms with van der Waals surface area (Å²) in [6.07, 6.45) is 1.09. The number of rotatable bonds is 3. The second-order valence-corrected chi connectivity index (χ2v) is 3.92. The number of nitrogens with zero attached hydrogens (tertiary/aromatic N) is 1. The number of hydrogen-bond donors (Lipinski definition) is 1. The Morgan fingerprint density at radius 3 is 3.12 bits per heavy atom. The average Bonchev–Trinajstić information content (AvgIpc) is 2.80. The molecule has 0 radical (unpaired) electrons. The van der Waals surface area contributed by atoms with E-state index in [1.54, 1.807) is 0 Å². The molecular weight excluding hydrogens is 207 g/mol. The van der Waals surface area contributed by atoms with Crippen molar-refractivity contribution < 1.29 is 9.13 Å². The van der Waals surface area contributed by atoms with Crippen LogP contribution in [-0.4, -0.2) is 19.7 Å². The summed E-state index contributed by atoms with van der Waals surface area (Å²) in [4.78, 5) is 0. The van der Waals surface area contributed by atoms with Crippen LogP contribution >= 0.6 is 0 Å². The molecule has 0 amide bonds. The minimum absolute atomic E-state index is 0.256. The molecule has 1 N–H and O–H groups in total. The lowest BCUT2D eigenvalue weighted by Crippen LogP contribution is -2.15. The Hall–Kier alpha value is -1.60. The SMILES string of the molecule is N#Cc1cc(F)ccc1OCC1CCNC1. The summed E-state index contributed by atoms with van der Waals surface area (Å²) in [7, 11) is 0. The highest BCUT2D eigenvalue weighted by Crippen LogP contribution is 2.20. The Morgan fingerprint density at radius 1 is 1.56 bits per heavy atom. The van der Waals surface area contributed by atoms with Crippen molar-refractivity contribution in [3.63, 3.8) is 0 Å². The van der Waals surface area contributed by atoms with Crippen molar-refractivity contribution in [2.24, 2.45) is 5.92 Å². The Balaban J connectivity index is 2.00. The van der Waals surface area contributed by atoms with Gasteiger partial charge in [0.2, 0.25) is 0 Å². The molecule has 1 atom stereocenters. The summed E-state index contributed by atoms with van der Waals surface area (Å²) in [5.74, 6) is 0.541. The van der Waals surface area contributed by atoms with Gasteiger partial charge in [0.05, 0.1) is 12.2 Å². The smallest absolute Gasteiger partial charge is 0.137 e. The lowest BCUT2D eigenvalue weighted by molar-refractivity contribution is 0.259. The molecule has 1 heterocycles. The zero-order chi connectivity index (χ0) is 11.4. The van der Waals surface area contributed by atoms with E-state index in [0.717, 1.165) is 19.5 Å². The number of nitrogens with one attached hydrogen (secondary N) is 1. The third kappa shape index (κ3) is 2.50. The number of nitriles is 1. The Kier molecular flexibility index (Phi) is 3.37. The molecule has 0 spiro atoms. The van der Waals surface area contributed by atoms with E-state index in [1.165, 1.54) is 18.2 Å². The summed E-state index contributed by atoms with van der Waals surface area (Å²) in [6.45, 7) is 2.54. The summed E-state index contributed by atoms with van der Waals surface area (Å²) in [5, 5.41) is 12.1. The van der Waals surface area contributed by atoms with E-state index >= 15 is 0 Å². The first-order chi connectivity index (χ1) is 7.79. The maximum Gasteiger partial charge on any atom is 0.137 e. The number of benzene rings is 1. The molecule has 1 unspecified atom stereocenters. The summed E-state index contributed by atoms with van der Waals surface area (Å²) in [6, 6.07) is 5.95. The van der Waals surface area contributed by atoms with Gasteiger partial charge in [-0.3, -0.25) is 0 Å². The molecule has 0 bridgehead atoms. The molecule has 16 heavy (non-hydrogen) atoms. The van der Waals surface area contributed by atoms with Gasteiger partial charge in [0, 0.05) is 12.5 Å². The largest absolute Gasteiger partial charge is 0.492 e. The predicted octanol–water partition coefficient (Wildman–Crippen LogP) is 1.69. The normalized spacial score (nSPS) is 19.4. The van der Waals surface area contributed by atoms with Gasteiger partial charge in [-0.05, 0) is 31.2 Å². The topological polar surface area (TPSA) is 45.0 Å². The van der Waals surface area contributed by atoms with Crippen LogP contribution in [0.5, 0.6) is 5.75 Å². The number of halogens is 1. The molecule has 1 aromatic rings. The third-order valence-corrected chi connectivity index (χ3v) is 2.70. The maximum absolute atomic E-state index is 12.9. The Bertz CT molecular complexity index is 408. The van der Waals surface area contributed by atoms with Crippen LogP contribution < -0.4 is 10.1 Å². The lowest BCUT2D eigenvalue weighted by Gasteiger charge is -2.11. The van der Waals surface area contributed by atoms with Crippen LogP contribution in [0.15, 0.2) is 18.2 Å². The number of hydrogen-bond acceptors (Lipinski definition) is 3. The van der Waals surface area contributed by atoms with Crippen molar-refractivity contribution in [3.05, 3.63) is 29.6 Å². The zero-order valence-corrected chi connectivity index (χ0v) is 8.87. The molecular formula is C12H13FN2O. The first-order valence-corrected chi connectivity index (χ1v) is 5.33. The fraction of sp³-hybridized carbons (Fsp3) is 0.417. The van der Waals surface area contributed by atoms with E-state index in [0.29, 0.717) is 18.3 Å². The summed E-state index contributed by atoms with van der Waals surface area (Å²) >= 11 is 0. The van der Waals surface area contributed by atoms with Gasteiger partial charge in [-0.2, -0.15) is 5.26 Å². The third-order valence-electron chi connectivity index (χ3n) is 2.70. The van der Waals surface area contributed by atoms with Crippen LogP contribution in [0.4, 0.5) is 4.39 Å². The molecule has 1 aliphatic heterocycles. The second-order valence-electron chi connectivity index (χ2n) is 3.92. The van der Waals surface area contributed by atoms with Crippen LogP contribution in [0.2, 0.25) is 0 Å². The maximum atomic E-state index is 12.9. The van der Waals surface area contributed by atoms with E-state index in [-0.39, 0.29) is 5.56 Å². The van der Waals surface area contributed by atoms with Gasteiger partial charge in [-0.1, -0.05) is 0 Å². The van der Waals surface area contributed by atoms with Crippen molar-refractivity contribution in [1.82, 2.24) is 5.32 Å². The van der Waals surface area contributed by atoms with Crippen molar-refractivity contribution in [2.45, 2.75) is 6.42 Å². The van der Waals surface area contributed by atoms with Gasteiger partial charge in [0.1, 0.15) is 17.6 Å². The molecule has 1 aromatic carbocycles. The van der Waals surface area contributed by atoms with Gasteiger partial charge in [0.25, 0.3) is 0 Å². The van der Waals surface area contributed by atoms with Crippen molar-refractivity contribution >= 4 is 0 Å². The van der Waals surface area contributed by atoms with E-state index in [2.05, 4.69) is 5.32 Å². The van der Waals surface area contributed by atoms with Gasteiger partial charge in [-0.15, -0.1) is 0 Å². The van der Waals surface area contributed by atoms with Crippen LogP contribution in [-0.2, 0) is 0 Å². The van der Waals surface area contributed by atoms with Crippen LogP contribution in [0.25, 0.3) is 0 Å². The lowest BCUT2D eigenvalue weighted by atomic mass is 10.1. The first-order valence-electron chi connectivity index (χ1n) is 5.33. The van der Waals surface area contributed by atoms with E-state index in [9.17, 15) is 4.39 Å². The quantitative estimate of drug-likeness (QED) is 0.843. The van der Waals surface area contributed by atoms with E-state index in [4.69, 9.17) is 10.00 Å². The molecule has 3 nitrogen and oxygen atoms in total. The molecule has 0 aromatic heterocycles. The zero-order valence-electron chi connectivity index (χ0n) is 8.87. The number of ether oxygens (including phenoxy) is 1. The average molecular weight is 220 g/mol. The van der Waals surface area contributed by atoms with Gasteiger partial charge < -0.3 is 10.1 Å². The fourth-order valence-electron chi connectivity index (χ4n) is 1.78. The Morgan fingerprint density at radius 2 is 2.44 bits per heavy atom. The second kappa shape index (κ2) is 4.95. The molecule has 0 aliphatic carbocycles. The van der Waals surface area contributed by atoms with Crippen molar-refractivity contribution in [1.29, 1.82) is 5.26 Å². The van der Waals surface area contributed by atoms with E-state index in [1.807, 2.05) is 6.07 Å². The minimum atomic E-state index is -0.411. The highest BCUT2D eigenvalue weighted by molar-refractivity contribution is 5.43. The predicted molar refractivity (Wildman–Crippen MR) is 57.6 cm³/mol. The van der Waals surface area contributed by atoms with Crippen molar-refractivity contribution in [2.75, 3.05) is 19.7 Å². The molecule has 0 saturated carbocycles. The molecule has 84 valence electrons. The standard InChI is InChI=1S/C12H13FN2O/c13-11-1-2-12(10(5-11)6-14)16-8-9-3-4-15-7-9/h1-2,5,9,15H,3-4,7-8H2. The van der Waals surface area contributed by atoms with E-state index < -0.39 is 5.82 Å². The molecule has 1 fully saturated rings. The Labute approximate surface area is 93.8 Å². The van der Waals surface area contributed by atoms with Gasteiger partial charge in [0.15, 0.2) is 0 Å². The van der Waals surface area contributed by atoms with Crippen molar-refractivity contribution in [3.8, 4) is 11.8 Å². The molecule has 4 heteroatoms. The molecule has 1 aliphatic rings. The fourth-order valence-corrected chi connectivity index (χ4v) is 1.78. The highest BCUT2D eigenvalue weighted by atomic mass is 19.1. The van der Waals surface area contributed by atoms with Crippen LogP contribution in [0, 0.1) is 23.1 Å². The first kappa shape index (κ1) is 10.9.